The molecule has 0 atom stereocenters. The molecule has 0 saturated carbocycles. The summed E-state index contributed by atoms with van der Waals surface area (Å²) in [5, 5.41) is 0. The first-order valence-electron chi connectivity index (χ1n) is 9.14. The molecule has 0 unspecified atom stereocenters. The fourth-order valence-corrected chi connectivity index (χ4v) is 2.21. The molecule has 0 aliphatic heterocycles. The smallest absolute Gasteiger partial charge is 0.0612 e. The number of aromatic nitrogens is 2. The highest BCUT2D eigenvalue weighted by Crippen LogP contribution is 2.19. The lowest BCUT2D eigenvalue weighted by molar-refractivity contribution is 0.767. The molecule has 26 heavy (non-hydrogen) atoms. The van der Waals surface area contributed by atoms with E-state index in [1.807, 2.05) is 12.4 Å². The number of rotatable bonds is 4. The largest absolute Gasteiger partial charge is 0.258 e. The van der Waals surface area contributed by atoms with Gasteiger partial charge in [-0.2, -0.15) is 0 Å². The van der Waals surface area contributed by atoms with E-state index in [0.717, 1.165) is 11.4 Å². The van der Waals surface area contributed by atoms with Gasteiger partial charge in [-0.1, -0.05) is 94.5 Å². The molecule has 0 saturated heterocycles. The normalized spacial score (nSPS) is 10.3. The van der Waals surface area contributed by atoms with Crippen molar-refractivity contribution in [2.45, 2.75) is 93.9 Å². The zero-order valence-corrected chi connectivity index (χ0v) is 16.7. The van der Waals surface area contributed by atoms with Crippen LogP contribution in [0.25, 0.3) is 0 Å². The Morgan fingerprint density at radius 2 is 0.769 bits per heavy atom. The SMILES string of the molecule is C.C.CC(C)c1ccc(C(C)C)cc1.CC(C)c1cnc(C(C)C)cn1. The molecule has 2 heteroatoms. The fraction of sp³-hybridized carbons (Fsp3) is 0.583. The molecule has 2 aromatic rings. The molecular weight excluding hydrogens is 316 g/mol. The van der Waals surface area contributed by atoms with Crippen LogP contribution in [-0.4, -0.2) is 9.97 Å². The molecule has 0 aliphatic rings. The van der Waals surface area contributed by atoms with Crippen molar-refractivity contribution in [3.05, 3.63) is 59.2 Å². The van der Waals surface area contributed by atoms with Gasteiger partial charge in [0.25, 0.3) is 0 Å². The zero-order chi connectivity index (χ0) is 18.3. The molecule has 1 heterocycles. The summed E-state index contributed by atoms with van der Waals surface area (Å²) in [6.45, 7) is 17.4. The van der Waals surface area contributed by atoms with Gasteiger partial charge in [-0.3, -0.25) is 9.97 Å². The van der Waals surface area contributed by atoms with Gasteiger partial charge in [0.05, 0.1) is 11.4 Å². The Morgan fingerprint density at radius 1 is 0.500 bits per heavy atom. The van der Waals surface area contributed by atoms with Crippen LogP contribution < -0.4 is 0 Å². The average Bonchev–Trinajstić information content (AvgIpc) is 2.55. The molecule has 0 spiro atoms. The predicted molar refractivity (Wildman–Crippen MR) is 118 cm³/mol. The molecule has 0 bridgehead atoms. The van der Waals surface area contributed by atoms with Crippen LogP contribution >= 0.6 is 0 Å². The minimum absolute atomic E-state index is 0. The minimum Gasteiger partial charge on any atom is -0.258 e. The van der Waals surface area contributed by atoms with Crippen LogP contribution in [0.1, 0.15) is 116 Å². The summed E-state index contributed by atoms with van der Waals surface area (Å²) in [5.74, 6) is 2.23. The Morgan fingerprint density at radius 3 is 0.923 bits per heavy atom. The molecule has 0 radical (unpaired) electrons. The third-order valence-electron chi connectivity index (χ3n) is 4.14. The first-order chi connectivity index (χ1) is 11.2. The van der Waals surface area contributed by atoms with Crippen LogP contribution in [0.4, 0.5) is 0 Å². The van der Waals surface area contributed by atoms with Crippen molar-refractivity contribution >= 4 is 0 Å². The van der Waals surface area contributed by atoms with Crippen LogP contribution in [0.15, 0.2) is 36.7 Å². The van der Waals surface area contributed by atoms with E-state index in [4.69, 9.17) is 0 Å². The Bertz CT molecular complexity index is 469. The quantitative estimate of drug-likeness (QED) is 0.554. The third-order valence-corrected chi connectivity index (χ3v) is 4.14. The topological polar surface area (TPSA) is 25.8 Å². The van der Waals surface area contributed by atoms with Crippen LogP contribution in [0.3, 0.4) is 0 Å². The summed E-state index contributed by atoms with van der Waals surface area (Å²) < 4.78 is 0. The van der Waals surface area contributed by atoms with E-state index in [0.29, 0.717) is 23.7 Å². The van der Waals surface area contributed by atoms with Crippen molar-refractivity contribution in [2.75, 3.05) is 0 Å². The second-order valence-corrected chi connectivity index (χ2v) is 7.65. The molecule has 0 amide bonds. The maximum atomic E-state index is 4.34. The Labute approximate surface area is 163 Å². The average molecular weight is 359 g/mol. The molecule has 0 fully saturated rings. The second-order valence-electron chi connectivity index (χ2n) is 7.65. The monoisotopic (exact) mass is 358 g/mol. The standard InChI is InChI=1S/C12H18.C10H16N2.2CH4/c1-9(2)11-5-7-12(8-6-11)10(3)4;1-7(2)9-5-12-10(6-11-9)8(3)4;;/h5-10H,1-4H3;5-8H,1-4H3;2*1H4. The maximum Gasteiger partial charge on any atom is 0.0612 e. The van der Waals surface area contributed by atoms with Gasteiger partial charge in [-0.25, -0.2) is 0 Å². The Balaban J connectivity index is 0. The van der Waals surface area contributed by atoms with Crippen LogP contribution in [0, 0.1) is 0 Å². The highest BCUT2D eigenvalue weighted by Gasteiger charge is 2.03. The third kappa shape index (κ3) is 8.60. The van der Waals surface area contributed by atoms with Gasteiger partial charge in [-0.05, 0) is 34.8 Å². The number of benzene rings is 1. The highest BCUT2D eigenvalue weighted by atomic mass is 14.8. The van der Waals surface area contributed by atoms with Crippen LogP contribution in [0.2, 0.25) is 0 Å². The van der Waals surface area contributed by atoms with Gasteiger partial charge in [-0.15, -0.1) is 0 Å². The number of hydrogen-bond acceptors (Lipinski definition) is 2. The van der Waals surface area contributed by atoms with Crippen molar-refractivity contribution in [2.24, 2.45) is 0 Å². The highest BCUT2D eigenvalue weighted by molar-refractivity contribution is 5.26. The van der Waals surface area contributed by atoms with E-state index in [1.165, 1.54) is 11.1 Å². The summed E-state index contributed by atoms with van der Waals surface area (Å²) in [4.78, 5) is 8.67. The minimum atomic E-state index is 0. The van der Waals surface area contributed by atoms with Crippen molar-refractivity contribution in [3.8, 4) is 0 Å². The van der Waals surface area contributed by atoms with Gasteiger partial charge in [0, 0.05) is 12.4 Å². The van der Waals surface area contributed by atoms with Gasteiger partial charge >= 0.3 is 0 Å². The van der Waals surface area contributed by atoms with Gasteiger partial charge in [0.2, 0.25) is 0 Å². The number of hydrogen-bond donors (Lipinski definition) is 0. The fourth-order valence-electron chi connectivity index (χ4n) is 2.21. The van der Waals surface area contributed by atoms with E-state index in [1.54, 1.807) is 0 Å². The van der Waals surface area contributed by atoms with Gasteiger partial charge in [0.15, 0.2) is 0 Å². The van der Waals surface area contributed by atoms with Crippen molar-refractivity contribution in [1.29, 1.82) is 0 Å². The van der Waals surface area contributed by atoms with Crippen molar-refractivity contribution in [3.63, 3.8) is 0 Å². The first-order valence-corrected chi connectivity index (χ1v) is 9.14. The molecule has 2 nitrogen and oxygen atoms in total. The summed E-state index contributed by atoms with van der Waals surface area (Å²) in [6.07, 6.45) is 3.75. The molecule has 0 N–H and O–H groups in total. The summed E-state index contributed by atoms with van der Waals surface area (Å²) >= 11 is 0. The van der Waals surface area contributed by atoms with E-state index in [2.05, 4.69) is 89.6 Å². The lowest BCUT2D eigenvalue weighted by atomic mass is 9.97. The van der Waals surface area contributed by atoms with Crippen LogP contribution in [0.5, 0.6) is 0 Å². The molecule has 1 aromatic heterocycles. The summed E-state index contributed by atoms with van der Waals surface area (Å²) in [5.41, 5.74) is 5.00. The lowest BCUT2D eigenvalue weighted by Crippen LogP contribution is -1.98. The molecule has 1 aromatic carbocycles. The zero-order valence-electron chi connectivity index (χ0n) is 16.7. The van der Waals surface area contributed by atoms with E-state index in [9.17, 15) is 0 Å². The Kier molecular flexibility index (Phi) is 12.9. The van der Waals surface area contributed by atoms with E-state index < -0.39 is 0 Å². The molecule has 0 aliphatic carbocycles. The molecular formula is C24H42N2. The Hall–Kier alpha value is -1.70. The molecule has 2 rings (SSSR count). The van der Waals surface area contributed by atoms with Gasteiger partial charge < -0.3 is 0 Å². The lowest BCUT2D eigenvalue weighted by Gasteiger charge is -2.08. The summed E-state index contributed by atoms with van der Waals surface area (Å²) in [7, 11) is 0. The first kappa shape index (κ1) is 26.5. The molecule has 148 valence electrons. The van der Waals surface area contributed by atoms with E-state index in [-0.39, 0.29) is 14.9 Å². The maximum absolute atomic E-state index is 4.34. The van der Waals surface area contributed by atoms with Crippen molar-refractivity contribution < 1.29 is 0 Å². The van der Waals surface area contributed by atoms with E-state index >= 15 is 0 Å². The van der Waals surface area contributed by atoms with Crippen molar-refractivity contribution in [1.82, 2.24) is 9.97 Å². The number of nitrogens with zero attached hydrogens (tertiary/aromatic N) is 2. The van der Waals surface area contributed by atoms with Gasteiger partial charge in [0.1, 0.15) is 0 Å². The predicted octanol–water partition coefficient (Wildman–Crippen LogP) is 7.93. The summed E-state index contributed by atoms with van der Waals surface area (Å²) in [6, 6.07) is 8.94. The second kappa shape index (κ2) is 12.6. The van der Waals surface area contributed by atoms with Crippen LogP contribution in [-0.2, 0) is 0 Å².